The molecule has 1 amide bonds. The quantitative estimate of drug-likeness (QED) is 0.584. The molecular formula is C18H19N2OSY-. The summed E-state index contributed by atoms with van der Waals surface area (Å²) < 4.78 is 0. The minimum Gasteiger partial charge on any atom is -0.311 e. The molecule has 3 nitrogen and oxygen atoms in total. The first kappa shape index (κ1) is 18.6. The van der Waals surface area contributed by atoms with Gasteiger partial charge >= 0.3 is 0 Å². The van der Waals surface area contributed by atoms with Crippen LogP contribution in [0.3, 0.4) is 0 Å². The van der Waals surface area contributed by atoms with Crippen molar-refractivity contribution in [3.8, 4) is 0 Å². The van der Waals surface area contributed by atoms with Crippen LogP contribution in [0.4, 0.5) is 5.69 Å². The molecule has 1 aromatic carbocycles. The Morgan fingerprint density at radius 1 is 1.39 bits per heavy atom. The van der Waals surface area contributed by atoms with Crippen LogP contribution in [0.5, 0.6) is 0 Å². The summed E-state index contributed by atoms with van der Waals surface area (Å²) in [6, 6.07) is 11.3. The second kappa shape index (κ2) is 8.41. The molecule has 1 aromatic heterocycles. The third kappa shape index (κ3) is 4.43. The number of fused-ring (bicyclic) bond motifs is 1. The maximum atomic E-state index is 12.6. The molecule has 0 aliphatic carbocycles. The number of anilines is 1. The van der Waals surface area contributed by atoms with E-state index >= 15 is 0 Å². The third-order valence-electron chi connectivity index (χ3n) is 3.86. The largest absolute Gasteiger partial charge is 0.311 e. The summed E-state index contributed by atoms with van der Waals surface area (Å²) in [6.45, 7) is 4.87. The summed E-state index contributed by atoms with van der Waals surface area (Å²) in [7, 11) is 0. The van der Waals surface area contributed by atoms with Crippen LogP contribution >= 0.6 is 11.8 Å². The summed E-state index contributed by atoms with van der Waals surface area (Å²) in [5.41, 5.74) is 4.65. The van der Waals surface area contributed by atoms with Crippen molar-refractivity contribution in [2.24, 2.45) is 0 Å². The van der Waals surface area contributed by atoms with Crippen molar-refractivity contribution in [2.75, 3.05) is 17.2 Å². The van der Waals surface area contributed by atoms with Crippen LogP contribution in [0.25, 0.3) is 0 Å². The van der Waals surface area contributed by atoms with E-state index in [-0.39, 0.29) is 38.6 Å². The molecular weight excluding hydrogens is 381 g/mol. The Morgan fingerprint density at radius 3 is 2.96 bits per heavy atom. The zero-order chi connectivity index (χ0) is 15.5. The fourth-order valence-electron chi connectivity index (χ4n) is 2.79. The van der Waals surface area contributed by atoms with Gasteiger partial charge in [0.15, 0.2) is 0 Å². The van der Waals surface area contributed by atoms with Gasteiger partial charge in [0.05, 0.1) is 5.75 Å². The topological polar surface area (TPSA) is 33.2 Å². The van der Waals surface area contributed by atoms with Gasteiger partial charge in [-0.15, -0.1) is 18.7 Å². The summed E-state index contributed by atoms with van der Waals surface area (Å²) in [5, 5.41) is 0.779. The van der Waals surface area contributed by atoms with Crippen LogP contribution in [0.1, 0.15) is 23.1 Å². The monoisotopic (exact) mass is 400 g/mol. The molecule has 0 saturated carbocycles. The molecule has 1 aliphatic rings. The number of rotatable bonds is 3. The van der Waals surface area contributed by atoms with E-state index in [1.807, 2.05) is 24.1 Å². The smallest absolute Gasteiger partial charge is 0.237 e. The second-order valence-corrected chi connectivity index (χ2v) is 6.58. The van der Waals surface area contributed by atoms with Crippen molar-refractivity contribution < 1.29 is 37.5 Å². The first-order valence-corrected chi connectivity index (χ1v) is 8.49. The molecule has 3 rings (SSSR count). The van der Waals surface area contributed by atoms with Crippen LogP contribution in [-0.4, -0.2) is 23.2 Å². The van der Waals surface area contributed by atoms with E-state index in [0.29, 0.717) is 5.75 Å². The molecule has 0 atom stereocenters. The van der Waals surface area contributed by atoms with E-state index < -0.39 is 0 Å². The third-order valence-corrected chi connectivity index (χ3v) is 4.75. The zero-order valence-corrected chi connectivity index (χ0v) is 17.2. The molecule has 0 fully saturated rings. The zero-order valence-electron chi connectivity index (χ0n) is 13.5. The number of aryl methyl sites for hydroxylation is 3. The standard InChI is InChI=1S/C18H19N2OS.Y/c1-13-8-9-16(19-11-13)22-12-17(21)20-10-4-7-15-6-3-5-14(2)18(15)20;/h3,5-6,8,11H,4,7,10,12H2,1-2H3;/q-1;. The number of hydrogen-bond donors (Lipinski definition) is 0. The number of thioether (sulfide) groups is 1. The average Bonchev–Trinajstić information content (AvgIpc) is 2.54. The summed E-state index contributed by atoms with van der Waals surface area (Å²) in [5.74, 6) is 0.552. The van der Waals surface area contributed by atoms with Crippen LogP contribution in [0.2, 0.25) is 0 Å². The predicted molar refractivity (Wildman–Crippen MR) is 90.4 cm³/mol. The van der Waals surface area contributed by atoms with E-state index in [1.165, 1.54) is 22.9 Å². The van der Waals surface area contributed by atoms with Gasteiger partial charge in [0, 0.05) is 50.0 Å². The Balaban J connectivity index is 0.00000192. The number of aromatic nitrogens is 1. The van der Waals surface area contributed by atoms with E-state index in [9.17, 15) is 4.79 Å². The number of hydrogen-bond acceptors (Lipinski definition) is 3. The normalized spacial score (nSPS) is 13.2. The van der Waals surface area contributed by atoms with Gasteiger partial charge in [-0.25, -0.2) is 12.1 Å². The van der Waals surface area contributed by atoms with Gasteiger partial charge in [0.25, 0.3) is 0 Å². The maximum absolute atomic E-state index is 12.6. The van der Waals surface area contributed by atoms with Gasteiger partial charge < -0.3 is 4.90 Å². The van der Waals surface area contributed by atoms with Gasteiger partial charge in [-0.3, -0.25) is 9.78 Å². The minimum absolute atomic E-state index is 0. The number of benzene rings is 1. The molecule has 5 heteroatoms. The van der Waals surface area contributed by atoms with Crippen LogP contribution < -0.4 is 4.90 Å². The van der Waals surface area contributed by atoms with E-state index in [2.05, 4.69) is 36.2 Å². The van der Waals surface area contributed by atoms with Crippen molar-refractivity contribution in [3.63, 3.8) is 0 Å². The minimum atomic E-state index is 0. The first-order chi connectivity index (χ1) is 10.6. The van der Waals surface area contributed by atoms with Gasteiger partial charge in [0.1, 0.15) is 0 Å². The Kier molecular flexibility index (Phi) is 6.81. The summed E-state index contributed by atoms with van der Waals surface area (Å²) in [4.78, 5) is 18.9. The van der Waals surface area contributed by atoms with Crippen molar-refractivity contribution in [2.45, 2.75) is 31.7 Å². The molecule has 2 heterocycles. The number of pyridine rings is 1. The van der Waals surface area contributed by atoms with Crippen LogP contribution in [-0.2, 0) is 43.9 Å². The van der Waals surface area contributed by atoms with Gasteiger partial charge in [0.2, 0.25) is 5.91 Å². The number of para-hydroxylation sites is 1. The van der Waals surface area contributed by atoms with Crippen molar-refractivity contribution in [1.82, 2.24) is 4.98 Å². The Morgan fingerprint density at radius 2 is 2.22 bits per heavy atom. The summed E-state index contributed by atoms with van der Waals surface area (Å²) >= 11 is 1.45. The maximum Gasteiger partial charge on any atom is 0.237 e. The molecule has 2 aromatic rings. The molecule has 0 spiro atoms. The van der Waals surface area contributed by atoms with Crippen LogP contribution in [0.15, 0.2) is 35.5 Å². The predicted octanol–water partition coefficient (Wildman–Crippen LogP) is 3.57. The first-order valence-electron chi connectivity index (χ1n) is 7.51. The molecule has 0 bridgehead atoms. The Labute approximate surface area is 167 Å². The van der Waals surface area contributed by atoms with Crippen LogP contribution in [0, 0.1) is 19.9 Å². The van der Waals surface area contributed by atoms with Gasteiger partial charge in [-0.2, -0.15) is 5.56 Å². The van der Waals surface area contributed by atoms with Gasteiger partial charge in [-0.05, 0) is 30.9 Å². The SMILES string of the molecule is Cc1c[c-]c(SCC(=O)N2CCCc3cccc(C)c32)nc1.[Y]. The van der Waals surface area contributed by atoms with E-state index in [0.717, 1.165) is 35.7 Å². The fourth-order valence-corrected chi connectivity index (χ4v) is 3.48. The van der Waals surface area contributed by atoms with E-state index in [1.54, 1.807) is 0 Å². The molecule has 1 radical (unpaired) electrons. The molecule has 117 valence electrons. The number of amides is 1. The fraction of sp³-hybridized carbons (Fsp3) is 0.333. The van der Waals surface area contributed by atoms with Crippen molar-refractivity contribution in [1.29, 1.82) is 0 Å². The number of carbonyl (C=O) groups excluding carboxylic acids is 1. The van der Waals surface area contributed by atoms with Crippen molar-refractivity contribution >= 4 is 23.4 Å². The molecule has 0 N–H and O–H groups in total. The number of nitrogens with zero attached hydrogens (tertiary/aromatic N) is 2. The number of carbonyl (C=O) groups is 1. The Hall–Kier alpha value is -0.706. The van der Waals surface area contributed by atoms with E-state index in [4.69, 9.17) is 0 Å². The van der Waals surface area contributed by atoms with Crippen molar-refractivity contribution in [3.05, 3.63) is 53.2 Å². The Bertz CT molecular complexity index is 688. The molecule has 23 heavy (non-hydrogen) atoms. The molecule has 0 unspecified atom stereocenters. The molecule has 1 aliphatic heterocycles. The van der Waals surface area contributed by atoms with Gasteiger partial charge in [-0.1, -0.05) is 24.4 Å². The summed E-state index contributed by atoms with van der Waals surface area (Å²) in [6.07, 6.45) is 3.90. The average molecular weight is 400 g/mol. The second-order valence-electron chi connectivity index (χ2n) is 5.62. The molecule has 0 saturated heterocycles.